The summed E-state index contributed by atoms with van der Waals surface area (Å²) in [7, 11) is 1.51. The maximum Gasteiger partial charge on any atom is 0.270 e. The molecule has 31 heavy (non-hydrogen) atoms. The van der Waals surface area contributed by atoms with Crippen LogP contribution in [0.1, 0.15) is 5.56 Å². The third-order valence-corrected chi connectivity index (χ3v) is 5.60. The van der Waals surface area contributed by atoms with Gasteiger partial charge in [-0.25, -0.2) is 4.98 Å². The Hall–Kier alpha value is -4.16. The quantitative estimate of drug-likeness (QED) is 0.263. The van der Waals surface area contributed by atoms with Crippen LogP contribution in [-0.2, 0) is 0 Å². The molecule has 0 spiro atoms. The van der Waals surface area contributed by atoms with Gasteiger partial charge in [-0.15, -0.1) is 0 Å². The van der Waals surface area contributed by atoms with Crippen molar-refractivity contribution in [3.63, 3.8) is 0 Å². The number of para-hydroxylation sites is 3. The maximum atomic E-state index is 13.4. The average molecular weight is 430 g/mol. The van der Waals surface area contributed by atoms with Gasteiger partial charge >= 0.3 is 0 Å². The smallest absolute Gasteiger partial charge is 0.270 e. The highest BCUT2D eigenvalue weighted by atomic mass is 32.2. The first-order chi connectivity index (χ1) is 15.0. The van der Waals surface area contributed by atoms with Crippen molar-refractivity contribution in [1.29, 1.82) is 5.26 Å². The molecule has 0 saturated heterocycles. The Kier molecular flexibility index (Phi) is 5.39. The molecule has 0 atom stereocenters. The number of nitriles is 1. The third kappa shape index (κ3) is 3.72. The van der Waals surface area contributed by atoms with E-state index in [1.165, 1.54) is 29.9 Å². The van der Waals surface area contributed by atoms with E-state index in [0.29, 0.717) is 32.4 Å². The molecule has 0 unspecified atom stereocenters. The van der Waals surface area contributed by atoms with Gasteiger partial charge in [0.25, 0.3) is 11.2 Å². The number of ether oxygens (including phenoxy) is 1. The van der Waals surface area contributed by atoms with Crippen LogP contribution >= 0.6 is 11.8 Å². The second kappa shape index (κ2) is 8.30. The van der Waals surface area contributed by atoms with Gasteiger partial charge in [-0.05, 0) is 42.1 Å². The molecule has 4 rings (SSSR count). The largest absolute Gasteiger partial charge is 0.495 e. The van der Waals surface area contributed by atoms with Gasteiger partial charge in [-0.1, -0.05) is 24.3 Å². The van der Waals surface area contributed by atoms with Gasteiger partial charge in [-0.2, -0.15) is 5.26 Å². The molecular weight excluding hydrogens is 416 g/mol. The normalized spacial score (nSPS) is 10.6. The first kappa shape index (κ1) is 20.1. The van der Waals surface area contributed by atoms with Crippen LogP contribution in [0.25, 0.3) is 16.6 Å². The molecule has 1 heterocycles. The number of benzene rings is 3. The van der Waals surface area contributed by atoms with Crippen molar-refractivity contribution in [2.24, 2.45) is 0 Å². The van der Waals surface area contributed by atoms with Crippen LogP contribution in [-0.4, -0.2) is 21.6 Å². The number of aromatic nitrogens is 2. The summed E-state index contributed by atoms with van der Waals surface area (Å²) in [6, 6.07) is 20.0. The van der Waals surface area contributed by atoms with E-state index in [4.69, 9.17) is 4.74 Å². The van der Waals surface area contributed by atoms with Crippen molar-refractivity contribution in [1.82, 2.24) is 9.55 Å². The molecule has 0 fully saturated rings. The van der Waals surface area contributed by atoms with E-state index in [-0.39, 0.29) is 16.8 Å². The molecule has 0 bridgehead atoms. The fourth-order valence-electron chi connectivity index (χ4n) is 3.11. The van der Waals surface area contributed by atoms with Crippen molar-refractivity contribution in [3.05, 3.63) is 92.8 Å². The third-order valence-electron chi connectivity index (χ3n) is 4.57. The number of nitrogens with zero attached hydrogens (tertiary/aromatic N) is 4. The molecule has 0 aliphatic carbocycles. The fourth-order valence-corrected chi connectivity index (χ4v) is 4.08. The summed E-state index contributed by atoms with van der Waals surface area (Å²) in [4.78, 5) is 29.0. The second-order valence-electron chi connectivity index (χ2n) is 6.38. The van der Waals surface area contributed by atoms with E-state index in [1.807, 2.05) is 6.07 Å². The number of hydrogen-bond acceptors (Lipinski definition) is 7. The SMILES string of the molecule is COc1ccccc1-n1c(Sc2ccc([N+](=O)[O-])cc2C#N)nc2ccccc2c1=O. The lowest BCUT2D eigenvalue weighted by Gasteiger charge is -2.16. The van der Waals surface area contributed by atoms with Gasteiger partial charge < -0.3 is 4.74 Å². The van der Waals surface area contributed by atoms with Crippen LogP contribution in [0.2, 0.25) is 0 Å². The zero-order valence-corrected chi connectivity index (χ0v) is 17.0. The Morgan fingerprint density at radius 1 is 1.13 bits per heavy atom. The van der Waals surface area contributed by atoms with Crippen molar-refractivity contribution < 1.29 is 9.66 Å². The molecule has 8 nitrogen and oxygen atoms in total. The average Bonchev–Trinajstić information content (AvgIpc) is 2.79. The summed E-state index contributed by atoms with van der Waals surface area (Å²) in [6.45, 7) is 0. The van der Waals surface area contributed by atoms with Crippen LogP contribution in [0.4, 0.5) is 5.69 Å². The predicted octanol–water partition coefficient (Wildman–Crippen LogP) is 4.33. The van der Waals surface area contributed by atoms with E-state index in [1.54, 1.807) is 48.5 Å². The molecule has 0 amide bonds. The lowest BCUT2D eigenvalue weighted by Crippen LogP contribution is -2.22. The van der Waals surface area contributed by atoms with E-state index in [0.717, 1.165) is 11.8 Å². The van der Waals surface area contributed by atoms with E-state index < -0.39 is 4.92 Å². The number of hydrogen-bond donors (Lipinski definition) is 0. The van der Waals surface area contributed by atoms with Crippen LogP contribution in [0, 0.1) is 21.4 Å². The maximum absolute atomic E-state index is 13.4. The van der Waals surface area contributed by atoms with Crippen LogP contribution in [0.3, 0.4) is 0 Å². The van der Waals surface area contributed by atoms with Gasteiger partial charge in [0, 0.05) is 17.0 Å². The standard InChI is InChI=1S/C22H14N4O4S/c1-30-19-9-5-4-8-18(19)25-21(27)16-6-2-3-7-17(16)24-22(25)31-20-11-10-15(26(28)29)12-14(20)13-23/h2-12H,1H3. The zero-order chi connectivity index (χ0) is 22.0. The number of nitro benzene ring substituents is 1. The van der Waals surface area contributed by atoms with Gasteiger partial charge in [0.05, 0.1) is 34.2 Å². The van der Waals surface area contributed by atoms with Crippen molar-refractivity contribution >= 4 is 28.4 Å². The first-order valence-corrected chi connectivity index (χ1v) is 9.86. The van der Waals surface area contributed by atoms with Gasteiger partial charge in [0.2, 0.25) is 0 Å². The molecule has 4 aromatic rings. The summed E-state index contributed by atoms with van der Waals surface area (Å²) >= 11 is 1.08. The first-order valence-electron chi connectivity index (χ1n) is 9.05. The molecule has 0 radical (unpaired) electrons. The van der Waals surface area contributed by atoms with E-state index >= 15 is 0 Å². The van der Waals surface area contributed by atoms with Crippen molar-refractivity contribution in [2.45, 2.75) is 10.1 Å². The van der Waals surface area contributed by atoms with Crippen molar-refractivity contribution in [2.75, 3.05) is 7.11 Å². The van der Waals surface area contributed by atoms with Gasteiger partial charge in [0.15, 0.2) is 5.16 Å². The molecule has 1 aromatic heterocycles. The molecule has 0 aliphatic heterocycles. The summed E-state index contributed by atoms with van der Waals surface area (Å²) in [5.74, 6) is 0.479. The number of non-ortho nitro benzene ring substituents is 1. The lowest BCUT2D eigenvalue weighted by atomic mass is 10.2. The summed E-state index contributed by atoms with van der Waals surface area (Å²) < 4.78 is 6.86. The molecule has 9 heteroatoms. The minimum absolute atomic E-state index is 0.119. The predicted molar refractivity (Wildman–Crippen MR) is 116 cm³/mol. The summed E-state index contributed by atoms with van der Waals surface area (Å²) in [6.07, 6.45) is 0. The molecule has 152 valence electrons. The lowest BCUT2D eigenvalue weighted by molar-refractivity contribution is -0.384. The Balaban J connectivity index is 1.97. The number of methoxy groups -OCH3 is 1. The molecule has 0 N–H and O–H groups in total. The Morgan fingerprint density at radius 3 is 2.61 bits per heavy atom. The summed E-state index contributed by atoms with van der Waals surface area (Å²) in [5, 5.41) is 21.3. The monoisotopic (exact) mass is 430 g/mol. The topological polar surface area (TPSA) is 111 Å². The Bertz CT molecular complexity index is 1430. The second-order valence-corrected chi connectivity index (χ2v) is 7.38. The zero-order valence-electron chi connectivity index (χ0n) is 16.2. The highest BCUT2D eigenvalue weighted by Crippen LogP contribution is 2.34. The number of nitro groups is 1. The molecule has 0 aliphatic rings. The van der Waals surface area contributed by atoms with Crippen LogP contribution in [0.5, 0.6) is 5.75 Å². The molecule has 3 aromatic carbocycles. The van der Waals surface area contributed by atoms with Crippen LogP contribution < -0.4 is 10.3 Å². The highest BCUT2D eigenvalue weighted by Gasteiger charge is 2.19. The number of fused-ring (bicyclic) bond motifs is 1. The molecule has 0 saturated carbocycles. The summed E-state index contributed by atoms with van der Waals surface area (Å²) in [5.41, 5.74) is 0.637. The minimum atomic E-state index is -0.561. The number of rotatable bonds is 5. The van der Waals surface area contributed by atoms with Crippen LogP contribution in [0.15, 0.2) is 81.6 Å². The fraction of sp³-hybridized carbons (Fsp3) is 0.0455. The van der Waals surface area contributed by atoms with E-state index in [9.17, 15) is 20.2 Å². The minimum Gasteiger partial charge on any atom is -0.495 e. The van der Waals surface area contributed by atoms with E-state index in [2.05, 4.69) is 4.98 Å². The Labute approximate surface area is 180 Å². The Morgan fingerprint density at radius 2 is 1.87 bits per heavy atom. The highest BCUT2D eigenvalue weighted by molar-refractivity contribution is 7.99. The van der Waals surface area contributed by atoms with Gasteiger partial charge in [-0.3, -0.25) is 19.5 Å². The van der Waals surface area contributed by atoms with Gasteiger partial charge in [0.1, 0.15) is 11.8 Å². The van der Waals surface area contributed by atoms with Crippen molar-refractivity contribution in [3.8, 4) is 17.5 Å². The molecular formula is C22H14N4O4S.